The van der Waals surface area contributed by atoms with Gasteiger partial charge in [0.05, 0.1) is 12.0 Å². The molecule has 9 heteroatoms. The summed E-state index contributed by atoms with van der Waals surface area (Å²) in [4.78, 5) is 10.4. The van der Waals surface area contributed by atoms with Crippen LogP contribution in [0, 0.1) is 10.1 Å². The summed E-state index contributed by atoms with van der Waals surface area (Å²) in [5, 5.41) is 19.9. The van der Waals surface area contributed by atoms with Crippen molar-refractivity contribution in [2.75, 3.05) is 12.5 Å². The van der Waals surface area contributed by atoms with Gasteiger partial charge in [-0.05, 0) is 42.0 Å². The molecule has 0 fully saturated rings. The van der Waals surface area contributed by atoms with Crippen LogP contribution in [0.25, 0.3) is 11.4 Å². The van der Waals surface area contributed by atoms with E-state index in [2.05, 4.69) is 15.6 Å². The summed E-state index contributed by atoms with van der Waals surface area (Å²) >= 11 is 1.51. The average molecular weight is 355 g/mol. The van der Waals surface area contributed by atoms with Crippen LogP contribution in [-0.2, 0) is 0 Å². The summed E-state index contributed by atoms with van der Waals surface area (Å²) in [5.74, 6) is 1.48. The normalized spacial score (nSPS) is 15.5. The molecule has 0 aliphatic carbocycles. The number of nitrogens with zero attached hydrogens (tertiary/aromatic N) is 4. The van der Waals surface area contributed by atoms with Gasteiger partial charge in [-0.3, -0.25) is 10.1 Å². The van der Waals surface area contributed by atoms with E-state index < -0.39 is 4.92 Å². The van der Waals surface area contributed by atoms with Gasteiger partial charge in [0.2, 0.25) is 5.16 Å². The lowest BCUT2D eigenvalue weighted by Gasteiger charge is -2.12. The average Bonchev–Trinajstić information content (AvgIpc) is 3.22. The van der Waals surface area contributed by atoms with E-state index in [0.29, 0.717) is 5.82 Å². The van der Waals surface area contributed by atoms with Gasteiger partial charge in [0.1, 0.15) is 11.1 Å². The van der Waals surface area contributed by atoms with Gasteiger partial charge in [0, 0.05) is 17.7 Å². The number of non-ortho nitro benzene ring substituents is 1. The first kappa shape index (κ1) is 15.5. The Bertz CT molecular complexity index is 924. The number of nitro benzene ring substituents is 1. The molecule has 126 valence electrons. The maximum atomic E-state index is 10.8. The molecule has 4 rings (SSSR count). The monoisotopic (exact) mass is 355 g/mol. The van der Waals surface area contributed by atoms with E-state index in [9.17, 15) is 10.1 Å². The van der Waals surface area contributed by atoms with Crippen molar-refractivity contribution < 1.29 is 9.66 Å². The molecule has 0 saturated heterocycles. The number of nitrogens with one attached hydrogen (secondary N) is 1. The lowest BCUT2D eigenvalue weighted by molar-refractivity contribution is -0.384. The van der Waals surface area contributed by atoms with Gasteiger partial charge < -0.3 is 10.2 Å². The van der Waals surface area contributed by atoms with Crippen molar-refractivity contribution in [2.45, 2.75) is 10.5 Å². The molecule has 1 N–H and O–H groups in total. The van der Waals surface area contributed by atoms with E-state index in [4.69, 9.17) is 4.74 Å². The Morgan fingerprint density at radius 3 is 2.52 bits per heavy atom. The number of ether oxygens (including phenoxy) is 1. The van der Waals surface area contributed by atoms with Crippen LogP contribution in [0.15, 0.2) is 53.7 Å². The molecule has 0 spiro atoms. The van der Waals surface area contributed by atoms with Crippen molar-refractivity contribution in [1.29, 1.82) is 0 Å². The van der Waals surface area contributed by atoms with E-state index in [0.717, 1.165) is 22.0 Å². The highest BCUT2D eigenvalue weighted by atomic mass is 32.2. The molecule has 3 aromatic rings. The fraction of sp³-hybridized carbons (Fsp3) is 0.125. The molecular formula is C16H13N5O3S. The number of hydrogen-bond acceptors (Lipinski definition) is 7. The molecule has 2 aromatic carbocycles. The molecule has 8 nitrogen and oxygen atoms in total. The third-order valence-corrected chi connectivity index (χ3v) is 4.95. The van der Waals surface area contributed by atoms with E-state index in [-0.39, 0.29) is 11.1 Å². The standard InChI is InChI=1S/C16H13N5O3S/c1-24-13-8-4-10(5-9-13)14-17-18-16-20(14)19-15(25-16)11-2-6-12(7-3-11)21(22)23/h2-9,15,19H,1H3/t15-/m1/s1. The maximum absolute atomic E-state index is 10.8. The van der Waals surface area contributed by atoms with Gasteiger partial charge in [-0.25, -0.2) is 4.68 Å². The first-order valence-corrected chi connectivity index (χ1v) is 8.31. The predicted molar refractivity (Wildman–Crippen MR) is 93.1 cm³/mol. The third-order valence-electron chi connectivity index (χ3n) is 3.86. The van der Waals surface area contributed by atoms with Crippen LogP contribution in [0.2, 0.25) is 0 Å². The molecule has 0 saturated carbocycles. The van der Waals surface area contributed by atoms with Crippen LogP contribution >= 0.6 is 11.8 Å². The molecule has 2 heterocycles. The van der Waals surface area contributed by atoms with E-state index in [1.165, 1.54) is 23.9 Å². The second kappa shape index (κ2) is 6.10. The van der Waals surface area contributed by atoms with Crippen LogP contribution in [0.1, 0.15) is 10.9 Å². The Labute approximate surface area is 147 Å². The number of aromatic nitrogens is 3. The van der Waals surface area contributed by atoms with Crippen molar-refractivity contribution in [3.05, 3.63) is 64.2 Å². The Hall–Kier alpha value is -3.07. The first-order valence-electron chi connectivity index (χ1n) is 7.43. The number of methoxy groups -OCH3 is 1. The fourth-order valence-electron chi connectivity index (χ4n) is 2.55. The molecule has 0 bridgehead atoms. The number of benzene rings is 2. The summed E-state index contributed by atoms with van der Waals surface area (Å²) in [7, 11) is 1.62. The van der Waals surface area contributed by atoms with Crippen LogP contribution in [0.3, 0.4) is 0 Å². The molecule has 1 aliphatic heterocycles. The minimum absolute atomic E-state index is 0.0741. The van der Waals surface area contributed by atoms with Crippen LogP contribution < -0.4 is 10.2 Å². The molecule has 0 radical (unpaired) electrons. The second-order valence-corrected chi connectivity index (χ2v) is 6.42. The maximum Gasteiger partial charge on any atom is 0.269 e. The molecule has 25 heavy (non-hydrogen) atoms. The van der Waals surface area contributed by atoms with Gasteiger partial charge in [-0.2, -0.15) is 0 Å². The number of hydrogen-bond donors (Lipinski definition) is 1. The summed E-state index contributed by atoms with van der Waals surface area (Å²) in [6.07, 6.45) is 0. The molecule has 0 unspecified atom stereocenters. The van der Waals surface area contributed by atoms with E-state index in [1.807, 2.05) is 28.9 Å². The van der Waals surface area contributed by atoms with Crippen molar-refractivity contribution in [3.63, 3.8) is 0 Å². The largest absolute Gasteiger partial charge is 0.497 e. The van der Waals surface area contributed by atoms with Crippen molar-refractivity contribution >= 4 is 17.4 Å². The van der Waals surface area contributed by atoms with Crippen molar-refractivity contribution in [2.24, 2.45) is 0 Å². The van der Waals surface area contributed by atoms with Crippen LogP contribution in [0.5, 0.6) is 5.75 Å². The Kier molecular flexibility index (Phi) is 3.77. The molecule has 1 aliphatic rings. The van der Waals surface area contributed by atoms with Crippen LogP contribution in [0.4, 0.5) is 5.69 Å². The Balaban J connectivity index is 1.58. The summed E-state index contributed by atoms with van der Waals surface area (Å²) in [6.45, 7) is 0. The predicted octanol–water partition coefficient (Wildman–Crippen LogP) is 3.21. The quantitative estimate of drug-likeness (QED) is 0.567. The van der Waals surface area contributed by atoms with E-state index >= 15 is 0 Å². The number of rotatable bonds is 4. The van der Waals surface area contributed by atoms with Gasteiger partial charge in [-0.1, -0.05) is 11.8 Å². The smallest absolute Gasteiger partial charge is 0.269 e. The number of nitro groups is 1. The summed E-state index contributed by atoms with van der Waals surface area (Å²) in [5.41, 5.74) is 5.25. The van der Waals surface area contributed by atoms with Gasteiger partial charge >= 0.3 is 0 Å². The summed E-state index contributed by atoms with van der Waals surface area (Å²) < 4.78 is 7.00. The Morgan fingerprint density at radius 2 is 1.88 bits per heavy atom. The summed E-state index contributed by atoms with van der Waals surface area (Å²) in [6, 6.07) is 14.1. The Morgan fingerprint density at radius 1 is 1.16 bits per heavy atom. The molecule has 1 aromatic heterocycles. The zero-order valence-corrected chi connectivity index (χ0v) is 13.9. The minimum atomic E-state index is -0.407. The number of fused-ring (bicyclic) bond motifs is 1. The topological polar surface area (TPSA) is 95.1 Å². The van der Waals surface area contributed by atoms with Gasteiger partial charge in [0.25, 0.3) is 5.69 Å². The number of thioether (sulfide) groups is 1. The first-order chi connectivity index (χ1) is 12.2. The highest BCUT2D eigenvalue weighted by Crippen LogP contribution is 2.40. The fourth-order valence-corrected chi connectivity index (χ4v) is 3.55. The SMILES string of the molecule is COc1ccc(-c2nnc3n2N[C@@H](c2ccc([N+](=O)[O-])cc2)S3)cc1. The van der Waals surface area contributed by atoms with E-state index in [1.54, 1.807) is 19.2 Å². The van der Waals surface area contributed by atoms with Crippen LogP contribution in [-0.4, -0.2) is 26.9 Å². The van der Waals surface area contributed by atoms with Gasteiger partial charge in [-0.15, -0.1) is 10.2 Å². The van der Waals surface area contributed by atoms with Gasteiger partial charge in [0.15, 0.2) is 5.82 Å². The molecule has 1 atom stereocenters. The highest BCUT2D eigenvalue weighted by Gasteiger charge is 2.28. The third kappa shape index (κ3) is 2.78. The zero-order chi connectivity index (χ0) is 17.4. The van der Waals surface area contributed by atoms with Crippen molar-refractivity contribution in [1.82, 2.24) is 14.9 Å². The van der Waals surface area contributed by atoms with Crippen molar-refractivity contribution in [3.8, 4) is 17.1 Å². The molecular weight excluding hydrogens is 342 g/mol. The minimum Gasteiger partial charge on any atom is -0.497 e. The zero-order valence-electron chi connectivity index (χ0n) is 13.1. The highest BCUT2D eigenvalue weighted by molar-refractivity contribution is 7.99. The second-order valence-electron chi connectivity index (χ2n) is 5.35. The molecule has 0 amide bonds. The lowest BCUT2D eigenvalue weighted by Crippen LogP contribution is -2.13. The lowest BCUT2D eigenvalue weighted by atomic mass is 10.2.